The third-order valence-electron chi connectivity index (χ3n) is 5.67. The number of carbonyl (C=O) groups excluding carboxylic acids is 1. The lowest BCUT2D eigenvalue weighted by molar-refractivity contribution is -0.138. The molecule has 1 aliphatic heterocycles. The Hall–Kier alpha value is -2.18. The van der Waals surface area contributed by atoms with Crippen molar-refractivity contribution in [3.8, 4) is 5.75 Å². The third kappa shape index (κ3) is 3.47. The maximum Gasteiger partial charge on any atom is 0.255 e. The molecule has 0 spiro atoms. The van der Waals surface area contributed by atoms with Crippen molar-refractivity contribution in [1.82, 2.24) is 5.32 Å². The maximum absolute atomic E-state index is 14.1. The molecule has 4 rings (SSSR count). The van der Waals surface area contributed by atoms with Crippen molar-refractivity contribution in [2.24, 2.45) is 5.73 Å². The molecular formula is C21H21ClF2N2O2. The lowest BCUT2D eigenvalue weighted by Gasteiger charge is -2.54. The number of rotatable bonds is 5. The summed E-state index contributed by atoms with van der Waals surface area (Å²) in [5.41, 5.74) is 7.29. The van der Waals surface area contributed by atoms with Crippen molar-refractivity contribution in [2.45, 2.75) is 36.6 Å². The van der Waals surface area contributed by atoms with Crippen molar-refractivity contribution < 1.29 is 18.3 Å². The molecule has 148 valence electrons. The summed E-state index contributed by atoms with van der Waals surface area (Å²) in [5.74, 6) is -2.76. The van der Waals surface area contributed by atoms with Gasteiger partial charge in [0.05, 0.1) is 0 Å². The molecule has 2 aromatic rings. The number of ether oxygens (including phenoxy) is 1. The van der Waals surface area contributed by atoms with Gasteiger partial charge in [-0.3, -0.25) is 4.79 Å². The number of alkyl halides is 2. The second kappa shape index (κ2) is 7.01. The first-order valence-electron chi connectivity index (χ1n) is 9.20. The van der Waals surface area contributed by atoms with Crippen LogP contribution in [-0.2, 0) is 16.6 Å². The van der Waals surface area contributed by atoms with Crippen LogP contribution in [0.3, 0.4) is 0 Å². The second-order valence-electron chi connectivity index (χ2n) is 7.63. The summed E-state index contributed by atoms with van der Waals surface area (Å²) in [6, 6.07) is 12.4. The maximum atomic E-state index is 14.1. The first kappa shape index (κ1) is 19.2. The molecule has 1 unspecified atom stereocenters. The smallest absolute Gasteiger partial charge is 0.255 e. The fraction of sp³-hybridized carbons (Fsp3) is 0.381. The molecular weight excluding hydrogens is 386 g/mol. The van der Waals surface area contributed by atoms with Crippen LogP contribution in [0, 0.1) is 0 Å². The number of amides is 1. The lowest BCUT2D eigenvalue weighted by Crippen LogP contribution is -2.57. The molecule has 7 heteroatoms. The zero-order valence-electron chi connectivity index (χ0n) is 15.2. The summed E-state index contributed by atoms with van der Waals surface area (Å²) in [4.78, 5) is 11.0. The summed E-state index contributed by atoms with van der Waals surface area (Å²) < 4.78 is 33.6. The van der Waals surface area contributed by atoms with E-state index in [1.165, 1.54) is 0 Å². The van der Waals surface area contributed by atoms with Crippen molar-refractivity contribution in [1.29, 1.82) is 0 Å². The van der Waals surface area contributed by atoms with Crippen LogP contribution in [0.25, 0.3) is 0 Å². The van der Waals surface area contributed by atoms with Gasteiger partial charge in [-0.1, -0.05) is 29.8 Å². The first-order valence-corrected chi connectivity index (χ1v) is 9.58. The van der Waals surface area contributed by atoms with E-state index in [-0.39, 0.29) is 25.5 Å². The summed E-state index contributed by atoms with van der Waals surface area (Å²) in [5, 5.41) is 4.02. The van der Waals surface area contributed by atoms with E-state index >= 15 is 0 Å². The van der Waals surface area contributed by atoms with Gasteiger partial charge < -0.3 is 15.8 Å². The summed E-state index contributed by atoms with van der Waals surface area (Å²) >= 11 is 6.01. The molecule has 1 amide bonds. The number of fused-ring (bicyclic) bond motifs is 1. The van der Waals surface area contributed by atoms with Crippen LogP contribution in [0.4, 0.5) is 8.78 Å². The van der Waals surface area contributed by atoms with Crippen LogP contribution in [0.1, 0.15) is 35.6 Å². The fourth-order valence-electron chi connectivity index (χ4n) is 4.50. The monoisotopic (exact) mass is 406 g/mol. The van der Waals surface area contributed by atoms with E-state index in [4.69, 9.17) is 22.1 Å². The van der Waals surface area contributed by atoms with Gasteiger partial charge in [-0.2, -0.15) is 0 Å². The van der Waals surface area contributed by atoms with Crippen LogP contribution in [0.5, 0.6) is 5.75 Å². The van der Waals surface area contributed by atoms with Crippen molar-refractivity contribution >= 4 is 17.5 Å². The van der Waals surface area contributed by atoms with Gasteiger partial charge in [-0.05, 0) is 53.9 Å². The van der Waals surface area contributed by atoms with Crippen molar-refractivity contribution in [3.63, 3.8) is 0 Å². The molecule has 2 aromatic carbocycles. The predicted molar refractivity (Wildman–Crippen MR) is 103 cm³/mol. The zero-order valence-corrected chi connectivity index (χ0v) is 15.9. The van der Waals surface area contributed by atoms with Gasteiger partial charge in [0.15, 0.2) is 6.61 Å². The number of benzene rings is 2. The lowest BCUT2D eigenvalue weighted by atomic mass is 9.56. The summed E-state index contributed by atoms with van der Waals surface area (Å²) in [6.07, 6.45) is 0.339. The van der Waals surface area contributed by atoms with Gasteiger partial charge in [0.25, 0.3) is 5.91 Å². The number of halogens is 3. The molecule has 4 nitrogen and oxygen atoms in total. The number of primary amides is 1. The average molecular weight is 407 g/mol. The molecule has 0 bridgehead atoms. The molecule has 1 saturated carbocycles. The minimum Gasteiger partial charge on any atom is -0.484 e. The summed E-state index contributed by atoms with van der Waals surface area (Å²) in [7, 11) is 0. The number of nitrogens with one attached hydrogen (secondary N) is 1. The Morgan fingerprint density at radius 1 is 1.21 bits per heavy atom. The average Bonchev–Trinajstić information content (AvgIpc) is 2.64. The molecule has 0 saturated heterocycles. The van der Waals surface area contributed by atoms with Crippen LogP contribution in [-0.4, -0.2) is 25.0 Å². The second-order valence-corrected chi connectivity index (χ2v) is 8.06. The van der Waals surface area contributed by atoms with Crippen molar-refractivity contribution in [2.75, 3.05) is 13.2 Å². The molecule has 1 fully saturated rings. The van der Waals surface area contributed by atoms with Crippen LogP contribution in [0.2, 0.25) is 5.02 Å². The van der Waals surface area contributed by atoms with E-state index in [0.29, 0.717) is 17.3 Å². The number of nitrogens with two attached hydrogens (primary N) is 1. The predicted octanol–water partition coefficient (Wildman–Crippen LogP) is 3.76. The highest BCUT2D eigenvalue weighted by atomic mass is 35.5. The van der Waals surface area contributed by atoms with Crippen LogP contribution < -0.4 is 15.8 Å². The summed E-state index contributed by atoms with van der Waals surface area (Å²) in [6.45, 7) is 0.483. The Morgan fingerprint density at radius 3 is 2.57 bits per heavy atom. The molecule has 3 N–H and O–H groups in total. The molecule has 1 atom stereocenters. The topological polar surface area (TPSA) is 64.4 Å². The Balaban J connectivity index is 1.74. The Labute approximate surface area is 167 Å². The highest BCUT2D eigenvalue weighted by Crippen LogP contribution is 2.60. The molecule has 0 radical (unpaired) electrons. The third-order valence-corrected chi connectivity index (χ3v) is 5.92. The van der Waals surface area contributed by atoms with Gasteiger partial charge in [-0.15, -0.1) is 0 Å². The highest BCUT2D eigenvalue weighted by molar-refractivity contribution is 6.30. The van der Waals surface area contributed by atoms with E-state index in [0.717, 1.165) is 23.1 Å². The van der Waals surface area contributed by atoms with Crippen molar-refractivity contribution in [3.05, 3.63) is 64.2 Å². The van der Waals surface area contributed by atoms with Gasteiger partial charge >= 0.3 is 0 Å². The zero-order chi connectivity index (χ0) is 19.9. The Kier molecular flexibility index (Phi) is 4.79. The quantitative estimate of drug-likeness (QED) is 0.794. The molecule has 0 aromatic heterocycles. The minimum absolute atomic E-state index is 0.225. The van der Waals surface area contributed by atoms with E-state index < -0.39 is 17.2 Å². The standard InChI is InChI=1S/C21H21ClF2N2O2/c22-15-4-2-14(3-5-15)20(11-21(23,24)12-20)19-17-9-16(28-10-18(25)27)6-1-13(17)7-8-26-19/h1-6,9,19,26H,7-8,10-12H2,(H2,25,27). The minimum atomic E-state index is -2.70. The number of carbonyl (C=O) groups is 1. The molecule has 2 aliphatic rings. The van der Waals surface area contributed by atoms with Crippen LogP contribution >= 0.6 is 11.6 Å². The first-order chi connectivity index (χ1) is 13.3. The largest absolute Gasteiger partial charge is 0.484 e. The van der Waals surface area contributed by atoms with Gasteiger partial charge in [0.1, 0.15) is 5.75 Å². The highest BCUT2D eigenvalue weighted by Gasteiger charge is 2.61. The SMILES string of the molecule is NC(=O)COc1ccc2c(c1)C(C1(c3ccc(Cl)cc3)CC(F)(F)C1)NCC2. The molecule has 28 heavy (non-hydrogen) atoms. The van der Waals surface area contributed by atoms with E-state index in [1.54, 1.807) is 18.2 Å². The van der Waals surface area contributed by atoms with Crippen LogP contribution in [0.15, 0.2) is 42.5 Å². The van der Waals surface area contributed by atoms with E-state index in [1.807, 2.05) is 24.3 Å². The fourth-order valence-corrected chi connectivity index (χ4v) is 4.62. The Bertz CT molecular complexity index is 894. The van der Waals surface area contributed by atoms with Gasteiger partial charge in [0.2, 0.25) is 5.92 Å². The van der Waals surface area contributed by atoms with E-state index in [9.17, 15) is 13.6 Å². The normalized spacial score (nSPS) is 22.0. The van der Waals surface area contributed by atoms with Gasteiger partial charge in [0, 0.05) is 29.3 Å². The molecule has 1 heterocycles. The molecule has 1 aliphatic carbocycles. The van der Waals surface area contributed by atoms with E-state index in [2.05, 4.69) is 5.32 Å². The Morgan fingerprint density at radius 2 is 1.93 bits per heavy atom. The number of hydrogen-bond donors (Lipinski definition) is 2. The van der Waals surface area contributed by atoms with Gasteiger partial charge in [-0.25, -0.2) is 8.78 Å². The number of hydrogen-bond acceptors (Lipinski definition) is 3.